The molecule has 1 atom stereocenters. The minimum absolute atomic E-state index is 0.0631. The molecule has 0 saturated carbocycles. The van der Waals surface area contributed by atoms with Crippen LogP contribution in [0.2, 0.25) is 0 Å². The first-order valence-corrected chi connectivity index (χ1v) is 5.10. The summed E-state index contributed by atoms with van der Waals surface area (Å²) in [5, 5.41) is 8.83. The Morgan fingerprint density at radius 1 is 1.33 bits per heavy atom. The molecule has 0 spiro atoms. The van der Waals surface area contributed by atoms with Crippen molar-refractivity contribution in [3.8, 4) is 6.07 Å². The highest BCUT2D eigenvalue weighted by molar-refractivity contribution is 5.99. The first kappa shape index (κ1) is 11.5. The molecule has 1 unspecified atom stereocenters. The van der Waals surface area contributed by atoms with E-state index in [1.807, 2.05) is 45.0 Å². The van der Waals surface area contributed by atoms with Gasteiger partial charge in [-0.1, -0.05) is 24.1 Å². The van der Waals surface area contributed by atoms with Crippen molar-refractivity contribution in [2.45, 2.75) is 27.2 Å². The van der Waals surface area contributed by atoms with Crippen molar-refractivity contribution in [2.24, 2.45) is 5.92 Å². The fourth-order valence-corrected chi connectivity index (χ4v) is 1.65. The van der Waals surface area contributed by atoms with Crippen molar-refractivity contribution >= 4 is 5.78 Å². The van der Waals surface area contributed by atoms with Crippen LogP contribution in [0.5, 0.6) is 0 Å². The van der Waals surface area contributed by atoms with E-state index in [1.165, 1.54) is 0 Å². The highest BCUT2D eigenvalue weighted by Crippen LogP contribution is 2.15. The fraction of sp³-hybridized carbons (Fsp3) is 0.385. The zero-order valence-corrected chi connectivity index (χ0v) is 9.37. The third-order valence-electron chi connectivity index (χ3n) is 2.39. The van der Waals surface area contributed by atoms with Crippen LogP contribution >= 0.6 is 0 Å². The van der Waals surface area contributed by atoms with Crippen LogP contribution in [0.15, 0.2) is 18.2 Å². The summed E-state index contributed by atoms with van der Waals surface area (Å²) >= 11 is 0. The van der Waals surface area contributed by atoms with E-state index in [1.54, 1.807) is 0 Å². The van der Waals surface area contributed by atoms with Crippen molar-refractivity contribution in [1.29, 1.82) is 5.26 Å². The third-order valence-corrected chi connectivity index (χ3v) is 2.39. The normalized spacial score (nSPS) is 11.9. The standard InChI is InChI=1S/C13H15NO/c1-4-11(8-14)13(15)12-6-9(2)5-10(3)7-12/h5-7,11H,4H2,1-3H3. The van der Waals surface area contributed by atoms with E-state index in [-0.39, 0.29) is 5.78 Å². The third kappa shape index (κ3) is 2.66. The van der Waals surface area contributed by atoms with Crippen LogP contribution in [0.25, 0.3) is 0 Å². The monoisotopic (exact) mass is 201 g/mol. The first-order chi connectivity index (χ1) is 7.08. The molecule has 1 aromatic carbocycles. The van der Waals surface area contributed by atoms with Crippen molar-refractivity contribution in [2.75, 3.05) is 0 Å². The summed E-state index contributed by atoms with van der Waals surface area (Å²) in [6.07, 6.45) is 0.572. The van der Waals surface area contributed by atoms with E-state index in [4.69, 9.17) is 5.26 Å². The Morgan fingerprint density at radius 3 is 2.27 bits per heavy atom. The van der Waals surface area contributed by atoms with Crippen LogP contribution < -0.4 is 0 Å². The minimum atomic E-state index is -0.508. The van der Waals surface area contributed by atoms with E-state index in [0.29, 0.717) is 12.0 Å². The lowest BCUT2D eigenvalue weighted by Crippen LogP contribution is -2.12. The number of carbonyl (C=O) groups is 1. The first-order valence-electron chi connectivity index (χ1n) is 5.10. The molecule has 0 radical (unpaired) electrons. The van der Waals surface area contributed by atoms with Crippen molar-refractivity contribution in [1.82, 2.24) is 0 Å². The highest BCUT2D eigenvalue weighted by Gasteiger charge is 2.17. The van der Waals surface area contributed by atoms with Gasteiger partial charge in [-0.2, -0.15) is 5.26 Å². The maximum atomic E-state index is 11.9. The van der Waals surface area contributed by atoms with Gasteiger partial charge in [0.15, 0.2) is 5.78 Å². The molecule has 0 aromatic heterocycles. The molecule has 0 aliphatic rings. The van der Waals surface area contributed by atoms with Gasteiger partial charge in [0.1, 0.15) is 5.92 Å². The summed E-state index contributed by atoms with van der Waals surface area (Å²) in [4.78, 5) is 11.9. The Kier molecular flexibility index (Phi) is 3.62. The van der Waals surface area contributed by atoms with Crippen LogP contribution in [0.4, 0.5) is 0 Å². The van der Waals surface area contributed by atoms with E-state index in [0.717, 1.165) is 11.1 Å². The van der Waals surface area contributed by atoms with E-state index < -0.39 is 5.92 Å². The Hall–Kier alpha value is -1.62. The molecule has 0 saturated heterocycles. The molecule has 2 heteroatoms. The van der Waals surface area contributed by atoms with Gasteiger partial charge in [-0.3, -0.25) is 4.79 Å². The molecule has 0 heterocycles. The molecule has 1 aromatic rings. The molecule has 0 aliphatic heterocycles. The van der Waals surface area contributed by atoms with Gasteiger partial charge in [0.05, 0.1) is 6.07 Å². The predicted octanol–water partition coefficient (Wildman–Crippen LogP) is 3.04. The Labute approximate surface area is 90.5 Å². The molecule has 1 rings (SSSR count). The van der Waals surface area contributed by atoms with Gasteiger partial charge in [0.2, 0.25) is 0 Å². The average Bonchev–Trinajstić information content (AvgIpc) is 2.18. The number of benzene rings is 1. The van der Waals surface area contributed by atoms with Gasteiger partial charge in [0.25, 0.3) is 0 Å². The van der Waals surface area contributed by atoms with Crippen molar-refractivity contribution in [3.05, 3.63) is 34.9 Å². The number of Topliss-reactive ketones (excluding diaryl/α,β-unsaturated/α-hetero) is 1. The largest absolute Gasteiger partial charge is 0.293 e. The second kappa shape index (κ2) is 4.75. The second-order valence-corrected chi connectivity index (χ2v) is 3.83. The van der Waals surface area contributed by atoms with Crippen LogP contribution in [-0.2, 0) is 0 Å². The Balaban J connectivity index is 3.06. The smallest absolute Gasteiger partial charge is 0.179 e. The summed E-state index contributed by atoms with van der Waals surface area (Å²) < 4.78 is 0. The predicted molar refractivity (Wildman–Crippen MR) is 59.6 cm³/mol. The summed E-state index contributed by atoms with van der Waals surface area (Å²) in [5.74, 6) is -0.571. The van der Waals surface area contributed by atoms with Gasteiger partial charge < -0.3 is 0 Å². The Morgan fingerprint density at radius 2 is 1.87 bits per heavy atom. The zero-order chi connectivity index (χ0) is 11.4. The molecule has 0 aliphatic carbocycles. The lowest BCUT2D eigenvalue weighted by Gasteiger charge is -2.07. The number of hydrogen-bond acceptors (Lipinski definition) is 2. The summed E-state index contributed by atoms with van der Waals surface area (Å²) in [6, 6.07) is 7.74. The number of nitrogens with zero attached hydrogens (tertiary/aromatic N) is 1. The second-order valence-electron chi connectivity index (χ2n) is 3.83. The number of aryl methyl sites for hydroxylation is 2. The maximum absolute atomic E-state index is 11.9. The SMILES string of the molecule is CCC(C#N)C(=O)c1cc(C)cc(C)c1. The highest BCUT2D eigenvalue weighted by atomic mass is 16.1. The molecular formula is C13H15NO. The molecular weight excluding hydrogens is 186 g/mol. The molecule has 0 N–H and O–H groups in total. The number of hydrogen-bond donors (Lipinski definition) is 0. The zero-order valence-electron chi connectivity index (χ0n) is 9.37. The van der Waals surface area contributed by atoms with Crippen LogP contribution in [-0.4, -0.2) is 5.78 Å². The number of carbonyl (C=O) groups excluding carboxylic acids is 1. The van der Waals surface area contributed by atoms with Gasteiger partial charge in [-0.15, -0.1) is 0 Å². The number of rotatable bonds is 3. The topological polar surface area (TPSA) is 40.9 Å². The molecule has 2 nitrogen and oxygen atoms in total. The van der Waals surface area contributed by atoms with Gasteiger partial charge in [-0.25, -0.2) is 0 Å². The average molecular weight is 201 g/mol. The van der Waals surface area contributed by atoms with Crippen molar-refractivity contribution < 1.29 is 4.79 Å². The lowest BCUT2D eigenvalue weighted by molar-refractivity contribution is 0.0946. The van der Waals surface area contributed by atoms with Crippen molar-refractivity contribution in [3.63, 3.8) is 0 Å². The molecule has 0 bridgehead atoms. The number of ketones is 1. The lowest BCUT2D eigenvalue weighted by atomic mass is 9.94. The molecule has 78 valence electrons. The Bertz CT molecular complexity index is 395. The van der Waals surface area contributed by atoms with E-state index in [2.05, 4.69) is 0 Å². The summed E-state index contributed by atoms with van der Waals surface area (Å²) in [6.45, 7) is 5.77. The van der Waals surface area contributed by atoms with Gasteiger partial charge in [0, 0.05) is 5.56 Å². The quantitative estimate of drug-likeness (QED) is 0.705. The van der Waals surface area contributed by atoms with E-state index in [9.17, 15) is 4.79 Å². The minimum Gasteiger partial charge on any atom is -0.293 e. The van der Waals surface area contributed by atoms with Gasteiger partial charge in [-0.05, 0) is 32.4 Å². The van der Waals surface area contributed by atoms with Crippen LogP contribution in [0.3, 0.4) is 0 Å². The fourth-order valence-electron chi connectivity index (χ4n) is 1.65. The van der Waals surface area contributed by atoms with Crippen LogP contribution in [0.1, 0.15) is 34.8 Å². The summed E-state index contributed by atoms with van der Waals surface area (Å²) in [7, 11) is 0. The van der Waals surface area contributed by atoms with Crippen LogP contribution in [0, 0.1) is 31.1 Å². The number of nitriles is 1. The van der Waals surface area contributed by atoms with Gasteiger partial charge >= 0.3 is 0 Å². The summed E-state index contributed by atoms with van der Waals surface area (Å²) in [5.41, 5.74) is 2.78. The van der Waals surface area contributed by atoms with E-state index >= 15 is 0 Å². The molecule has 0 fully saturated rings. The molecule has 0 amide bonds. The maximum Gasteiger partial charge on any atom is 0.179 e. The molecule has 15 heavy (non-hydrogen) atoms.